The smallest absolute Gasteiger partial charge is 0.278 e. The van der Waals surface area contributed by atoms with Crippen LogP contribution in [0.5, 0.6) is 0 Å². The number of hydrazone groups is 1. The molecule has 3 amide bonds. The zero-order chi connectivity index (χ0) is 32.1. The summed E-state index contributed by atoms with van der Waals surface area (Å²) in [6, 6.07) is 8.25. The second-order valence-electron chi connectivity index (χ2n) is 11.9. The van der Waals surface area contributed by atoms with E-state index in [4.69, 9.17) is 39.5 Å². The fraction of sp³-hybridized carbons (Fsp3) is 0.375. The van der Waals surface area contributed by atoms with Gasteiger partial charge < -0.3 is 20.8 Å². The van der Waals surface area contributed by atoms with E-state index < -0.39 is 29.1 Å². The van der Waals surface area contributed by atoms with E-state index in [1.807, 2.05) is 6.92 Å². The minimum atomic E-state index is -1.21. The Labute approximate surface area is 276 Å². The van der Waals surface area contributed by atoms with E-state index >= 15 is 0 Å². The van der Waals surface area contributed by atoms with Crippen molar-refractivity contribution in [2.24, 2.45) is 16.9 Å². The van der Waals surface area contributed by atoms with Gasteiger partial charge in [0.1, 0.15) is 11.3 Å². The van der Waals surface area contributed by atoms with Crippen LogP contribution in [0.25, 0.3) is 0 Å². The Kier molecular flexibility index (Phi) is 8.36. The molecule has 236 valence electrons. The van der Waals surface area contributed by atoms with Crippen molar-refractivity contribution in [3.8, 4) is 0 Å². The first-order chi connectivity index (χ1) is 21.5. The highest BCUT2D eigenvalue weighted by molar-refractivity contribution is 6.43. The van der Waals surface area contributed by atoms with Gasteiger partial charge in [0, 0.05) is 28.7 Å². The van der Waals surface area contributed by atoms with Gasteiger partial charge in [-0.15, -0.1) is 5.10 Å². The van der Waals surface area contributed by atoms with Crippen LogP contribution in [0, 0.1) is 11.8 Å². The van der Waals surface area contributed by atoms with Gasteiger partial charge in [0.2, 0.25) is 0 Å². The van der Waals surface area contributed by atoms with Crippen molar-refractivity contribution in [1.29, 1.82) is 0 Å². The van der Waals surface area contributed by atoms with Crippen molar-refractivity contribution in [2.45, 2.75) is 63.7 Å². The molecule has 1 saturated carbocycles. The van der Waals surface area contributed by atoms with Crippen molar-refractivity contribution in [3.05, 3.63) is 81.6 Å². The largest absolute Gasteiger partial charge is 0.352 e. The number of hydrogen-bond acceptors (Lipinski definition) is 7. The predicted molar refractivity (Wildman–Crippen MR) is 175 cm³/mol. The molecule has 2 fully saturated rings. The lowest BCUT2D eigenvalue weighted by Crippen LogP contribution is -2.52. The lowest BCUT2D eigenvalue weighted by atomic mass is 9.69. The maximum absolute atomic E-state index is 13.8. The number of benzene rings is 2. The summed E-state index contributed by atoms with van der Waals surface area (Å²) in [7, 11) is 0. The fourth-order valence-electron chi connectivity index (χ4n) is 6.76. The van der Waals surface area contributed by atoms with Gasteiger partial charge in [-0.25, -0.2) is 5.01 Å². The number of amidine groups is 1. The van der Waals surface area contributed by atoms with Crippen LogP contribution in [0.3, 0.4) is 0 Å². The number of carbonyl (C=O) groups is 3. The summed E-state index contributed by atoms with van der Waals surface area (Å²) in [6.45, 7) is 6.37. The average molecular weight is 672 g/mol. The van der Waals surface area contributed by atoms with Gasteiger partial charge in [-0.3, -0.25) is 14.4 Å². The third-order valence-corrected chi connectivity index (χ3v) is 9.89. The van der Waals surface area contributed by atoms with Crippen LogP contribution in [0.15, 0.2) is 66.1 Å². The molecule has 0 radical (unpaired) electrons. The quantitative estimate of drug-likeness (QED) is 0.312. The molecule has 2 aromatic carbocycles. The number of amides is 3. The maximum Gasteiger partial charge on any atom is 0.278 e. The molecule has 2 aromatic rings. The Bertz CT molecular complexity index is 1640. The lowest BCUT2D eigenvalue weighted by molar-refractivity contribution is -0.121. The van der Waals surface area contributed by atoms with E-state index in [1.165, 1.54) is 17.1 Å². The van der Waals surface area contributed by atoms with Gasteiger partial charge in [0.05, 0.1) is 10.0 Å². The highest BCUT2D eigenvalue weighted by Crippen LogP contribution is 2.62. The molecular formula is C32H33Cl3N6O4. The highest BCUT2D eigenvalue weighted by Gasteiger charge is 2.75. The molecule has 1 saturated heterocycles. The van der Waals surface area contributed by atoms with E-state index in [0.717, 1.165) is 24.3 Å². The van der Waals surface area contributed by atoms with Gasteiger partial charge in [0.25, 0.3) is 17.7 Å². The minimum Gasteiger partial charge on any atom is -0.352 e. The van der Waals surface area contributed by atoms with Gasteiger partial charge in [-0.1, -0.05) is 61.6 Å². The van der Waals surface area contributed by atoms with Crippen molar-refractivity contribution in [1.82, 2.24) is 15.8 Å². The topological polar surface area (TPSA) is 119 Å². The summed E-state index contributed by atoms with van der Waals surface area (Å²) >= 11 is 18.9. The summed E-state index contributed by atoms with van der Waals surface area (Å²) in [4.78, 5) is 41.0. The van der Waals surface area contributed by atoms with Crippen LogP contribution in [0.2, 0.25) is 15.1 Å². The van der Waals surface area contributed by atoms with E-state index in [1.54, 1.807) is 48.8 Å². The van der Waals surface area contributed by atoms with Crippen LogP contribution in [0.1, 0.15) is 56.8 Å². The molecule has 4 aliphatic rings. The van der Waals surface area contributed by atoms with Crippen molar-refractivity contribution in [3.63, 3.8) is 0 Å². The number of ether oxygens (including phenoxy) is 1. The Hall–Kier alpha value is -3.57. The molecule has 45 heavy (non-hydrogen) atoms. The molecule has 6 rings (SSSR count). The molecule has 13 heteroatoms. The number of epoxide rings is 1. The van der Waals surface area contributed by atoms with Crippen LogP contribution < -0.4 is 21.1 Å². The molecule has 5 atom stereocenters. The minimum absolute atomic E-state index is 0.116. The second-order valence-corrected chi connectivity index (χ2v) is 13.2. The zero-order valence-electron chi connectivity index (χ0n) is 24.9. The summed E-state index contributed by atoms with van der Waals surface area (Å²) in [6.07, 6.45) is 10.2. The molecule has 5 unspecified atom stereocenters. The third-order valence-electron chi connectivity index (χ3n) is 9.09. The second kappa shape index (κ2) is 12.0. The summed E-state index contributed by atoms with van der Waals surface area (Å²) in [5.74, 6) is -0.310. The van der Waals surface area contributed by atoms with E-state index in [0.29, 0.717) is 23.0 Å². The number of rotatable bonds is 6. The average Bonchev–Trinajstić information content (AvgIpc) is 3.59. The fourth-order valence-corrected chi connectivity index (χ4v) is 7.74. The Morgan fingerprint density at radius 2 is 1.89 bits per heavy atom. The summed E-state index contributed by atoms with van der Waals surface area (Å²) in [5, 5.41) is 13.3. The Balaban J connectivity index is 1.22. The third kappa shape index (κ3) is 5.48. The Morgan fingerprint density at radius 3 is 2.56 bits per heavy atom. The van der Waals surface area contributed by atoms with Crippen LogP contribution in [-0.4, -0.2) is 45.8 Å². The summed E-state index contributed by atoms with van der Waals surface area (Å²) in [5.41, 5.74) is 2.44. The maximum atomic E-state index is 13.8. The number of hydrazine groups is 1. The van der Waals surface area contributed by atoms with Crippen molar-refractivity contribution >= 4 is 69.7 Å². The van der Waals surface area contributed by atoms with Gasteiger partial charge in [0.15, 0.2) is 17.5 Å². The number of nitrogens with one attached hydrogen (secondary N) is 3. The van der Waals surface area contributed by atoms with Crippen molar-refractivity contribution < 1.29 is 19.1 Å². The number of allylic oxidation sites excluding steroid dienone is 2. The number of halogens is 3. The number of anilines is 2. The Morgan fingerprint density at radius 1 is 1.13 bits per heavy atom. The standard InChI is InChI=1S/C32H33Cl3N6O4/c1-4-31(32(45-31)11-10-18(2)14-19(32)3)30(44)37-22-9-7-8-20(15-22)28(42)38-25-27(40-13-6-5-12-36-40)39-41(29(25)43)26-23(34)16-21(33)17-24(26)35/h5-9,12-13,15-19,25,36H,4,10-11,14H2,1-3H3,(H,37,44)(H,38,42). The van der Waals surface area contributed by atoms with Gasteiger partial charge in [-0.2, -0.15) is 5.01 Å². The number of carbonyl (C=O) groups excluding carboxylic acids is 3. The van der Waals surface area contributed by atoms with E-state index in [9.17, 15) is 14.4 Å². The molecule has 0 bridgehead atoms. The normalized spacial score (nSPS) is 28.6. The van der Waals surface area contributed by atoms with Crippen LogP contribution in [-0.2, 0) is 14.3 Å². The van der Waals surface area contributed by atoms with Gasteiger partial charge in [-0.05, 0) is 80.0 Å². The molecule has 10 nitrogen and oxygen atoms in total. The molecule has 3 N–H and O–H groups in total. The predicted octanol–water partition coefficient (Wildman–Crippen LogP) is 6.27. The first kappa shape index (κ1) is 31.4. The van der Waals surface area contributed by atoms with Crippen LogP contribution in [0.4, 0.5) is 11.4 Å². The number of hydrogen-bond donors (Lipinski definition) is 3. The molecule has 1 aliphatic carbocycles. The zero-order valence-corrected chi connectivity index (χ0v) is 27.2. The first-order valence-corrected chi connectivity index (χ1v) is 16.0. The number of nitrogens with zero attached hydrogens (tertiary/aromatic N) is 3. The van der Waals surface area contributed by atoms with Crippen molar-refractivity contribution in [2.75, 3.05) is 10.3 Å². The van der Waals surface area contributed by atoms with E-state index in [2.05, 4.69) is 35.0 Å². The lowest BCUT2D eigenvalue weighted by Gasteiger charge is -2.32. The van der Waals surface area contributed by atoms with Gasteiger partial charge >= 0.3 is 0 Å². The summed E-state index contributed by atoms with van der Waals surface area (Å²) < 4.78 is 6.30. The van der Waals surface area contributed by atoms with Crippen LogP contribution >= 0.6 is 34.8 Å². The SMILES string of the molecule is CCC1(C(=O)Nc2cccc(C(=O)NC3C(=O)N(c4c(Cl)cc(Cl)cc4Cl)N=C3N3C=CC=CN3)c2)OC12CCC(C)CC2C. The first-order valence-electron chi connectivity index (χ1n) is 14.9. The molecule has 1 spiro atoms. The van der Waals surface area contributed by atoms with E-state index in [-0.39, 0.29) is 39.0 Å². The molecule has 3 aliphatic heterocycles. The molecule has 3 heterocycles. The molecular weight excluding hydrogens is 639 g/mol. The monoisotopic (exact) mass is 670 g/mol. The molecule has 0 aromatic heterocycles. The highest BCUT2D eigenvalue weighted by atomic mass is 35.5.